The molecule has 0 unspecified atom stereocenters. The van der Waals surface area contributed by atoms with Crippen LogP contribution in [0.5, 0.6) is 0 Å². The van der Waals surface area contributed by atoms with Gasteiger partial charge in [-0.05, 0) is 54.9 Å². The zero-order valence-electron chi connectivity index (χ0n) is 17.3. The minimum atomic E-state index is -1.07. The van der Waals surface area contributed by atoms with E-state index < -0.39 is 41.2 Å². The number of amides is 2. The minimum absolute atomic E-state index is 0.00332. The number of carbonyl (C=O) groups is 4. The van der Waals surface area contributed by atoms with Crippen molar-refractivity contribution in [2.75, 3.05) is 13.2 Å². The Kier molecular flexibility index (Phi) is 9.82. The number of hydrogen-bond acceptors (Lipinski definition) is 7. The summed E-state index contributed by atoms with van der Waals surface area (Å²) in [6, 6.07) is -1.82. The van der Waals surface area contributed by atoms with Crippen molar-refractivity contribution in [3.63, 3.8) is 0 Å². The highest BCUT2D eigenvalue weighted by Crippen LogP contribution is 2.13. The molecule has 0 aromatic heterocycles. The van der Waals surface area contributed by atoms with Crippen LogP contribution in [-0.2, 0) is 28.6 Å². The summed E-state index contributed by atoms with van der Waals surface area (Å²) in [5.41, 5.74) is -1.41. The molecule has 0 spiro atoms. The first-order valence-corrected chi connectivity index (χ1v) is 8.88. The van der Waals surface area contributed by atoms with Crippen LogP contribution >= 0.6 is 0 Å². The summed E-state index contributed by atoms with van der Waals surface area (Å²) in [6.07, 6.45) is -0.0873. The molecule has 0 heterocycles. The Morgan fingerprint density at radius 2 is 1.44 bits per heavy atom. The molecule has 0 aliphatic rings. The molecule has 9 nitrogen and oxygen atoms in total. The molecular weight excluding hydrogens is 356 g/mol. The van der Waals surface area contributed by atoms with Crippen LogP contribution in [-0.4, -0.2) is 54.3 Å². The summed E-state index contributed by atoms with van der Waals surface area (Å²) in [5.74, 6) is -1.78. The topological polar surface area (TPSA) is 120 Å². The Labute approximate surface area is 160 Å². The SMILES string of the molecule is CCOC(=O)CNC(=O)N[C@@H](CCC(=O)OC(C)(C)C)C(=O)OC(C)(C)C. The van der Waals surface area contributed by atoms with Crippen LogP contribution in [0.1, 0.15) is 61.3 Å². The second-order valence-corrected chi connectivity index (χ2v) is 7.84. The maximum atomic E-state index is 12.3. The summed E-state index contributed by atoms with van der Waals surface area (Å²) < 4.78 is 15.2. The predicted octanol–water partition coefficient (Wildman–Crippen LogP) is 1.68. The number of carbonyl (C=O) groups excluding carboxylic acids is 4. The predicted molar refractivity (Wildman–Crippen MR) is 97.9 cm³/mol. The lowest BCUT2D eigenvalue weighted by Gasteiger charge is -2.25. The first kappa shape index (κ1) is 24.7. The van der Waals surface area contributed by atoms with Crippen LogP contribution in [0.4, 0.5) is 4.79 Å². The Hall–Kier alpha value is -2.32. The molecule has 156 valence electrons. The Morgan fingerprint density at radius 3 is 1.93 bits per heavy atom. The molecule has 0 aromatic rings. The van der Waals surface area contributed by atoms with Gasteiger partial charge in [0.15, 0.2) is 0 Å². The lowest BCUT2D eigenvalue weighted by molar-refractivity contribution is -0.158. The van der Waals surface area contributed by atoms with E-state index in [-0.39, 0.29) is 26.0 Å². The van der Waals surface area contributed by atoms with Crippen molar-refractivity contribution in [1.82, 2.24) is 10.6 Å². The summed E-state index contributed by atoms with van der Waals surface area (Å²) >= 11 is 0. The van der Waals surface area contributed by atoms with Crippen LogP contribution in [0.25, 0.3) is 0 Å². The Morgan fingerprint density at radius 1 is 0.889 bits per heavy atom. The number of urea groups is 1. The largest absolute Gasteiger partial charge is 0.465 e. The highest BCUT2D eigenvalue weighted by atomic mass is 16.6. The molecule has 2 N–H and O–H groups in total. The quantitative estimate of drug-likeness (QED) is 0.479. The van der Waals surface area contributed by atoms with E-state index in [9.17, 15) is 19.2 Å². The molecule has 0 fully saturated rings. The Bertz CT molecular complexity index is 533. The second-order valence-electron chi connectivity index (χ2n) is 7.84. The molecule has 0 aliphatic carbocycles. The van der Waals surface area contributed by atoms with Crippen molar-refractivity contribution < 1.29 is 33.4 Å². The van der Waals surface area contributed by atoms with Crippen molar-refractivity contribution in [1.29, 1.82) is 0 Å². The van der Waals surface area contributed by atoms with Gasteiger partial charge in [-0.2, -0.15) is 0 Å². The van der Waals surface area contributed by atoms with Crippen molar-refractivity contribution in [2.24, 2.45) is 0 Å². The molecule has 0 aliphatic heterocycles. The van der Waals surface area contributed by atoms with E-state index in [2.05, 4.69) is 10.6 Å². The van der Waals surface area contributed by atoms with Gasteiger partial charge in [0.2, 0.25) is 0 Å². The molecule has 0 bridgehead atoms. The van der Waals surface area contributed by atoms with E-state index in [1.807, 2.05) is 0 Å². The van der Waals surface area contributed by atoms with Crippen LogP contribution in [0, 0.1) is 0 Å². The molecule has 0 saturated heterocycles. The lowest BCUT2D eigenvalue weighted by Crippen LogP contribution is -2.49. The highest BCUT2D eigenvalue weighted by molar-refractivity contribution is 5.86. The number of hydrogen-bond donors (Lipinski definition) is 2. The molecule has 0 saturated carbocycles. The molecule has 9 heteroatoms. The van der Waals surface area contributed by atoms with Gasteiger partial charge in [0.25, 0.3) is 0 Å². The van der Waals surface area contributed by atoms with Gasteiger partial charge in [-0.3, -0.25) is 9.59 Å². The summed E-state index contributed by atoms with van der Waals surface area (Å²) in [4.78, 5) is 47.4. The minimum Gasteiger partial charge on any atom is -0.465 e. The fourth-order valence-corrected chi connectivity index (χ4v) is 1.85. The molecule has 0 aromatic carbocycles. The normalized spacial score (nSPS) is 12.6. The van der Waals surface area contributed by atoms with Gasteiger partial charge in [0.05, 0.1) is 6.61 Å². The zero-order valence-corrected chi connectivity index (χ0v) is 17.3. The monoisotopic (exact) mass is 388 g/mol. The highest BCUT2D eigenvalue weighted by Gasteiger charge is 2.28. The second kappa shape index (κ2) is 10.7. The van der Waals surface area contributed by atoms with Gasteiger partial charge in [0, 0.05) is 6.42 Å². The van der Waals surface area contributed by atoms with Gasteiger partial charge in [-0.1, -0.05) is 0 Å². The fourth-order valence-electron chi connectivity index (χ4n) is 1.85. The molecule has 1 atom stereocenters. The molecule has 0 radical (unpaired) electrons. The standard InChI is InChI=1S/C18H32N2O7/c1-8-25-14(22)11-19-16(24)20-12(15(23)27-18(5,6)7)9-10-13(21)26-17(2,3)4/h12H,8-11H2,1-7H3,(H2,19,20,24)/t12-/m0/s1. The number of ether oxygens (including phenoxy) is 3. The average Bonchev–Trinajstić information content (AvgIpc) is 2.46. The van der Waals surface area contributed by atoms with Crippen molar-refractivity contribution in [3.05, 3.63) is 0 Å². The maximum absolute atomic E-state index is 12.3. The molecular formula is C18H32N2O7. The van der Waals surface area contributed by atoms with Gasteiger partial charge >= 0.3 is 23.9 Å². The van der Waals surface area contributed by atoms with E-state index >= 15 is 0 Å². The van der Waals surface area contributed by atoms with Crippen LogP contribution in [0.3, 0.4) is 0 Å². The third-order valence-electron chi connectivity index (χ3n) is 2.75. The summed E-state index contributed by atoms with van der Waals surface area (Å²) in [7, 11) is 0. The van der Waals surface area contributed by atoms with E-state index in [4.69, 9.17) is 14.2 Å². The average molecular weight is 388 g/mol. The third-order valence-corrected chi connectivity index (χ3v) is 2.75. The smallest absolute Gasteiger partial charge is 0.329 e. The number of esters is 3. The van der Waals surface area contributed by atoms with Gasteiger partial charge in [0.1, 0.15) is 23.8 Å². The first-order chi connectivity index (χ1) is 12.2. The Balaban J connectivity index is 4.83. The van der Waals surface area contributed by atoms with E-state index in [0.29, 0.717) is 0 Å². The van der Waals surface area contributed by atoms with Crippen molar-refractivity contribution >= 4 is 23.9 Å². The van der Waals surface area contributed by atoms with Crippen LogP contribution in [0.2, 0.25) is 0 Å². The summed E-state index contributed by atoms with van der Waals surface area (Å²) in [6.45, 7) is 11.8. The van der Waals surface area contributed by atoms with Gasteiger partial charge in [-0.25, -0.2) is 9.59 Å². The fraction of sp³-hybridized carbons (Fsp3) is 0.778. The number of rotatable bonds is 8. The van der Waals surface area contributed by atoms with Crippen molar-refractivity contribution in [2.45, 2.75) is 78.6 Å². The lowest BCUT2D eigenvalue weighted by atomic mass is 10.1. The molecule has 0 rings (SSSR count). The number of nitrogens with one attached hydrogen (secondary N) is 2. The van der Waals surface area contributed by atoms with E-state index in [1.54, 1.807) is 48.5 Å². The first-order valence-electron chi connectivity index (χ1n) is 8.88. The van der Waals surface area contributed by atoms with Crippen molar-refractivity contribution in [3.8, 4) is 0 Å². The zero-order chi connectivity index (χ0) is 21.3. The van der Waals surface area contributed by atoms with E-state index in [0.717, 1.165) is 0 Å². The van der Waals surface area contributed by atoms with Crippen LogP contribution in [0.15, 0.2) is 0 Å². The van der Waals surface area contributed by atoms with Gasteiger partial charge in [-0.15, -0.1) is 0 Å². The third kappa shape index (κ3) is 13.5. The summed E-state index contributed by atoms with van der Waals surface area (Å²) in [5, 5.41) is 4.71. The van der Waals surface area contributed by atoms with Gasteiger partial charge < -0.3 is 24.8 Å². The maximum Gasteiger partial charge on any atom is 0.329 e. The molecule has 2 amide bonds. The van der Waals surface area contributed by atoms with E-state index in [1.165, 1.54) is 0 Å². The van der Waals surface area contributed by atoms with Crippen LogP contribution < -0.4 is 10.6 Å². The molecule has 27 heavy (non-hydrogen) atoms.